The summed E-state index contributed by atoms with van der Waals surface area (Å²) in [5.74, 6) is -0.723. The Morgan fingerprint density at radius 2 is 1.32 bits per heavy atom. The molecule has 0 spiro atoms. The monoisotopic (exact) mass is 539 g/mol. The maximum atomic E-state index is 13.2. The van der Waals surface area contributed by atoms with Crippen LogP contribution in [0.15, 0.2) is 78.9 Å². The summed E-state index contributed by atoms with van der Waals surface area (Å²) in [5, 5.41) is 3.25. The van der Waals surface area contributed by atoms with Gasteiger partial charge in [-0.15, -0.1) is 0 Å². The minimum atomic E-state index is -4.94. The number of rotatable bonds is 11. The first-order chi connectivity index (χ1) is 18.0. The molecule has 3 aromatic rings. The smallest absolute Gasteiger partial charge is 0.416 e. The van der Waals surface area contributed by atoms with E-state index < -0.39 is 42.1 Å². The van der Waals surface area contributed by atoms with Gasteiger partial charge in [-0.25, -0.2) is 0 Å². The van der Waals surface area contributed by atoms with Crippen LogP contribution in [0.4, 0.5) is 26.3 Å². The number of carbonyl (C=O) groups excluding carboxylic acids is 1. The van der Waals surface area contributed by atoms with Gasteiger partial charge >= 0.3 is 18.3 Å². The van der Waals surface area contributed by atoms with Crippen molar-refractivity contribution in [3.8, 4) is 0 Å². The van der Waals surface area contributed by atoms with Crippen molar-refractivity contribution in [1.82, 2.24) is 5.32 Å². The molecular weight excluding hydrogens is 512 g/mol. The fourth-order valence-corrected chi connectivity index (χ4v) is 4.12. The first kappa shape index (κ1) is 29.2. The van der Waals surface area contributed by atoms with Crippen LogP contribution in [0.2, 0.25) is 0 Å². The van der Waals surface area contributed by atoms with E-state index in [1.54, 1.807) is 0 Å². The zero-order chi connectivity index (χ0) is 27.8. The van der Waals surface area contributed by atoms with Crippen molar-refractivity contribution < 1.29 is 40.6 Å². The van der Waals surface area contributed by atoms with Crippen LogP contribution < -0.4 is 5.32 Å². The average Bonchev–Trinajstić information content (AvgIpc) is 2.88. The van der Waals surface area contributed by atoms with Crippen molar-refractivity contribution in [3.05, 3.63) is 107 Å². The highest BCUT2D eigenvalue weighted by Gasteiger charge is 2.37. The zero-order valence-electron chi connectivity index (χ0n) is 20.5. The van der Waals surface area contributed by atoms with E-state index >= 15 is 0 Å². The number of methoxy groups -OCH3 is 1. The lowest BCUT2D eigenvalue weighted by molar-refractivity contribution is -0.143. The van der Waals surface area contributed by atoms with Gasteiger partial charge in [0, 0.05) is 18.5 Å². The minimum absolute atomic E-state index is 0.0614. The number of carbonyl (C=O) groups is 1. The number of benzene rings is 3. The highest BCUT2D eigenvalue weighted by atomic mass is 19.4. The Hall–Kier alpha value is -3.37. The van der Waals surface area contributed by atoms with Gasteiger partial charge in [-0.05, 0) is 34.9 Å². The molecule has 3 aromatic carbocycles. The van der Waals surface area contributed by atoms with Crippen LogP contribution in [0, 0.1) is 0 Å². The third-order valence-corrected chi connectivity index (χ3v) is 5.90. The highest BCUT2D eigenvalue weighted by molar-refractivity contribution is 5.69. The number of nitrogens with one attached hydrogen (secondary N) is 1. The van der Waals surface area contributed by atoms with Crippen LogP contribution in [0.25, 0.3) is 0 Å². The van der Waals surface area contributed by atoms with Crippen LogP contribution in [-0.2, 0) is 33.2 Å². The van der Waals surface area contributed by atoms with Gasteiger partial charge in [0.05, 0.1) is 37.9 Å². The summed E-state index contributed by atoms with van der Waals surface area (Å²) in [4.78, 5) is 11.7. The molecule has 0 heterocycles. The topological polar surface area (TPSA) is 47.6 Å². The van der Waals surface area contributed by atoms with Gasteiger partial charge in [0.15, 0.2) is 0 Å². The van der Waals surface area contributed by atoms with Crippen LogP contribution in [-0.4, -0.2) is 32.3 Å². The van der Waals surface area contributed by atoms with Gasteiger partial charge < -0.3 is 14.8 Å². The number of halogens is 6. The fourth-order valence-electron chi connectivity index (χ4n) is 4.12. The van der Waals surface area contributed by atoms with E-state index in [1.165, 1.54) is 7.11 Å². The van der Waals surface area contributed by atoms with Gasteiger partial charge in [0.1, 0.15) is 0 Å². The molecule has 3 rings (SSSR count). The third-order valence-electron chi connectivity index (χ3n) is 5.90. The summed E-state index contributed by atoms with van der Waals surface area (Å²) in [6.45, 7) is -0.315. The molecule has 4 nitrogen and oxygen atoms in total. The Labute approximate surface area is 216 Å². The number of hydrogen-bond acceptors (Lipinski definition) is 4. The lowest BCUT2D eigenvalue weighted by Gasteiger charge is -2.29. The maximum absolute atomic E-state index is 13.2. The Morgan fingerprint density at radius 1 is 0.816 bits per heavy atom. The summed E-state index contributed by atoms with van der Waals surface area (Å²) >= 11 is 0. The van der Waals surface area contributed by atoms with E-state index in [2.05, 4.69) is 10.1 Å². The van der Waals surface area contributed by atoms with E-state index in [1.807, 2.05) is 60.7 Å². The van der Waals surface area contributed by atoms with Crippen molar-refractivity contribution in [2.45, 2.75) is 37.3 Å². The Kier molecular flexibility index (Phi) is 9.93. The van der Waals surface area contributed by atoms with Crippen molar-refractivity contribution in [1.29, 1.82) is 0 Å². The molecule has 38 heavy (non-hydrogen) atoms. The SMILES string of the molecule is COC(=O)CCNC(COCc1cc(C(F)(F)F)cc(C(F)(F)F)c1)C(c1ccccc1)c1ccccc1. The highest BCUT2D eigenvalue weighted by Crippen LogP contribution is 2.36. The van der Waals surface area contributed by atoms with Crippen molar-refractivity contribution in [3.63, 3.8) is 0 Å². The van der Waals surface area contributed by atoms with Crippen LogP contribution >= 0.6 is 0 Å². The Bertz CT molecular complexity index is 1090. The molecule has 0 saturated carbocycles. The number of ether oxygens (including phenoxy) is 2. The molecule has 1 unspecified atom stereocenters. The lowest BCUT2D eigenvalue weighted by atomic mass is 9.85. The van der Waals surface area contributed by atoms with Gasteiger partial charge in [-0.1, -0.05) is 60.7 Å². The zero-order valence-corrected chi connectivity index (χ0v) is 20.5. The standard InChI is InChI=1S/C28H27F6NO3/c1-37-25(36)12-13-35-24(26(20-8-4-2-5-9-20)21-10-6-3-7-11-21)18-38-17-19-14-22(27(29,30)31)16-23(15-19)28(32,33)34/h2-11,14-16,24,26,35H,12-13,17-18H2,1H3. The number of esters is 1. The predicted molar refractivity (Wildman–Crippen MR) is 129 cm³/mol. The molecule has 10 heteroatoms. The third kappa shape index (κ3) is 8.32. The van der Waals surface area contributed by atoms with E-state index in [-0.39, 0.29) is 37.1 Å². The predicted octanol–water partition coefficient (Wildman–Crippen LogP) is 6.59. The molecular formula is C28H27F6NO3. The lowest BCUT2D eigenvalue weighted by Crippen LogP contribution is -2.40. The summed E-state index contributed by atoms with van der Waals surface area (Å²) in [5.41, 5.74) is -1.22. The van der Waals surface area contributed by atoms with Crippen molar-refractivity contribution >= 4 is 5.97 Å². The van der Waals surface area contributed by atoms with E-state index in [9.17, 15) is 31.1 Å². The molecule has 0 aliphatic rings. The normalized spacial score (nSPS) is 12.9. The van der Waals surface area contributed by atoms with Crippen LogP contribution in [0.5, 0.6) is 0 Å². The molecule has 0 bridgehead atoms. The minimum Gasteiger partial charge on any atom is -0.469 e. The molecule has 0 aliphatic heterocycles. The second-order valence-corrected chi connectivity index (χ2v) is 8.62. The largest absolute Gasteiger partial charge is 0.469 e. The maximum Gasteiger partial charge on any atom is 0.416 e. The number of hydrogen-bond donors (Lipinski definition) is 1. The molecule has 1 atom stereocenters. The summed E-state index contributed by atoms with van der Waals surface area (Å²) in [6.07, 6.45) is -9.83. The molecule has 0 radical (unpaired) electrons. The molecule has 0 aliphatic carbocycles. The number of alkyl halides is 6. The molecule has 1 N–H and O–H groups in total. The van der Waals surface area contributed by atoms with Crippen molar-refractivity contribution in [2.24, 2.45) is 0 Å². The summed E-state index contributed by atoms with van der Waals surface area (Å²) in [6, 6.07) is 19.7. The molecule has 0 fully saturated rings. The molecule has 0 amide bonds. The Morgan fingerprint density at radius 3 is 1.76 bits per heavy atom. The quantitative estimate of drug-likeness (QED) is 0.221. The van der Waals surface area contributed by atoms with E-state index in [0.717, 1.165) is 11.1 Å². The van der Waals surface area contributed by atoms with Gasteiger partial charge in [-0.3, -0.25) is 4.79 Å². The fraction of sp³-hybridized carbons (Fsp3) is 0.321. The molecule has 0 saturated heterocycles. The summed E-state index contributed by atoms with van der Waals surface area (Å²) < 4.78 is 89.9. The van der Waals surface area contributed by atoms with Gasteiger partial charge in [-0.2, -0.15) is 26.3 Å². The average molecular weight is 540 g/mol. The van der Waals surface area contributed by atoms with Crippen molar-refractivity contribution in [2.75, 3.05) is 20.3 Å². The molecule has 0 aromatic heterocycles. The summed E-state index contributed by atoms with van der Waals surface area (Å²) in [7, 11) is 1.27. The second kappa shape index (κ2) is 12.9. The van der Waals surface area contributed by atoms with Gasteiger partial charge in [0.25, 0.3) is 0 Å². The molecule has 204 valence electrons. The van der Waals surface area contributed by atoms with E-state index in [0.29, 0.717) is 12.1 Å². The Balaban J connectivity index is 1.87. The first-order valence-electron chi connectivity index (χ1n) is 11.7. The van der Waals surface area contributed by atoms with E-state index in [4.69, 9.17) is 4.74 Å². The van der Waals surface area contributed by atoms with Crippen LogP contribution in [0.3, 0.4) is 0 Å². The van der Waals surface area contributed by atoms with Gasteiger partial charge in [0.2, 0.25) is 0 Å². The second-order valence-electron chi connectivity index (χ2n) is 8.62. The van der Waals surface area contributed by atoms with Crippen LogP contribution in [0.1, 0.15) is 40.2 Å². The first-order valence-corrected chi connectivity index (χ1v) is 11.7.